The molecule has 0 amide bonds. The number of halogens is 3. The van der Waals surface area contributed by atoms with Gasteiger partial charge in [-0.2, -0.15) is 13.2 Å². The van der Waals surface area contributed by atoms with Gasteiger partial charge in [-0.3, -0.25) is 0 Å². The largest absolute Gasteiger partial charge is 0.397 e. The van der Waals surface area contributed by atoms with Crippen molar-refractivity contribution in [1.29, 1.82) is 0 Å². The summed E-state index contributed by atoms with van der Waals surface area (Å²) in [7, 11) is 1.79. The highest BCUT2D eigenvalue weighted by atomic mass is 19.4. The molecule has 0 bridgehead atoms. The van der Waals surface area contributed by atoms with Crippen molar-refractivity contribution in [2.75, 3.05) is 13.6 Å². The second kappa shape index (κ2) is 3.72. The summed E-state index contributed by atoms with van der Waals surface area (Å²) in [6.45, 7) is 0.769. The molecule has 4 heteroatoms. The van der Waals surface area contributed by atoms with Crippen molar-refractivity contribution >= 4 is 0 Å². The topological polar surface area (TPSA) is 3.24 Å². The van der Waals surface area contributed by atoms with Crippen molar-refractivity contribution < 1.29 is 13.2 Å². The first-order chi connectivity index (χ1) is 7.00. The van der Waals surface area contributed by atoms with Crippen LogP contribution < -0.4 is 0 Å². The van der Waals surface area contributed by atoms with Gasteiger partial charge in [-0.15, -0.1) is 0 Å². The summed E-state index contributed by atoms with van der Waals surface area (Å²) in [5.74, 6) is -1.20. The van der Waals surface area contributed by atoms with Crippen molar-refractivity contribution in [3.05, 3.63) is 11.3 Å². The van der Waals surface area contributed by atoms with Gasteiger partial charge in [-0.1, -0.05) is 5.57 Å². The normalized spacial score (nSPS) is 28.0. The zero-order valence-corrected chi connectivity index (χ0v) is 8.90. The zero-order valence-electron chi connectivity index (χ0n) is 8.90. The van der Waals surface area contributed by atoms with Crippen LogP contribution in [0.4, 0.5) is 13.2 Å². The Labute approximate surface area is 87.9 Å². The Morgan fingerprint density at radius 1 is 1.20 bits per heavy atom. The Balaban J connectivity index is 2.33. The summed E-state index contributed by atoms with van der Waals surface area (Å²) in [6.07, 6.45) is -0.367. The minimum Gasteiger partial charge on any atom is -0.377 e. The van der Waals surface area contributed by atoms with Crippen LogP contribution in [0.3, 0.4) is 0 Å². The molecule has 0 saturated heterocycles. The smallest absolute Gasteiger partial charge is 0.377 e. The molecule has 1 atom stereocenters. The number of rotatable bonds is 0. The molecular weight excluding hydrogens is 203 g/mol. The molecule has 1 nitrogen and oxygen atoms in total. The van der Waals surface area contributed by atoms with E-state index in [1.54, 1.807) is 7.05 Å². The van der Waals surface area contributed by atoms with Gasteiger partial charge in [0.2, 0.25) is 0 Å². The van der Waals surface area contributed by atoms with Crippen molar-refractivity contribution in [1.82, 2.24) is 4.90 Å². The van der Waals surface area contributed by atoms with Gasteiger partial charge in [0.1, 0.15) is 0 Å². The maximum absolute atomic E-state index is 12.8. The number of hydrogen-bond donors (Lipinski definition) is 0. The van der Waals surface area contributed by atoms with Gasteiger partial charge in [0.05, 0.1) is 5.92 Å². The van der Waals surface area contributed by atoms with Crippen LogP contribution in [-0.2, 0) is 0 Å². The average molecular weight is 219 g/mol. The SMILES string of the molecule is CN1CCCC2=C1C(C(F)(F)F)CCC2. The first-order valence-electron chi connectivity index (χ1n) is 5.50. The van der Waals surface area contributed by atoms with E-state index < -0.39 is 12.1 Å². The molecule has 0 aromatic carbocycles. The number of hydrogen-bond acceptors (Lipinski definition) is 1. The molecule has 0 fully saturated rings. The third-order valence-electron chi connectivity index (χ3n) is 3.44. The molecule has 0 spiro atoms. The Kier molecular flexibility index (Phi) is 2.69. The lowest BCUT2D eigenvalue weighted by molar-refractivity contribution is -0.172. The standard InChI is InChI=1S/C11H16F3N/c1-15-7-3-5-8-4-2-6-9(10(8)15)11(12,13)14/h9H,2-7H2,1H3. The summed E-state index contributed by atoms with van der Waals surface area (Å²) in [4.78, 5) is 1.82. The van der Waals surface area contributed by atoms with Gasteiger partial charge in [0.25, 0.3) is 0 Å². The van der Waals surface area contributed by atoms with E-state index in [1.165, 1.54) is 0 Å². The lowest BCUT2D eigenvalue weighted by Gasteiger charge is -2.39. The van der Waals surface area contributed by atoms with Crippen LogP contribution in [0.25, 0.3) is 0 Å². The third kappa shape index (κ3) is 1.99. The van der Waals surface area contributed by atoms with Gasteiger partial charge >= 0.3 is 6.18 Å². The fourth-order valence-corrected chi connectivity index (χ4v) is 2.79. The molecule has 0 aromatic heterocycles. The molecule has 1 heterocycles. The molecule has 15 heavy (non-hydrogen) atoms. The predicted molar refractivity (Wildman–Crippen MR) is 52.3 cm³/mol. The summed E-state index contributed by atoms with van der Waals surface area (Å²) in [6, 6.07) is 0. The van der Waals surface area contributed by atoms with Crippen LogP contribution in [0.5, 0.6) is 0 Å². The van der Waals surface area contributed by atoms with E-state index in [4.69, 9.17) is 0 Å². The van der Waals surface area contributed by atoms with Crippen LogP contribution in [0.1, 0.15) is 32.1 Å². The summed E-state index contributed by atoms with van der Waals surface area (Å²) >= 11 is 0. The van der Waals surface area contributed by atoms with E-state index in [-0.39, 0.29) is 6.42 Å². The number of alkyl halides is 3. The summed E-state index contributed by atoms with van der Waals surface area (Å²) < 4.78 is 38.5. The fourth-order valence-electron chi connectivity index (χ4n) is 2.79. The lowest BCUT2D eigenvalue weighted by atomic mass is 9.82. The van der Waals surface area contributed by atoms with E-state index in [0.717, 1.165) is 31.4 Å². The van der Waals surface area contributed by atoms with Crippen molar-refractivity contribution in [3.8, 4) is 0 Å². The minimum atomic E-state index is -4.06. The van der Waals surface area contributed by atoms with Crippen molar-refractivity contribution in [3.63, 3.8) is 0 Å². The Hall–Kier alpha value is -0.670. The van der Waals surface area contributed by atoms with Crippen molar-refractivity contribution in [2.45, 2.75) is 38.3 Å². The maximum atomic E-state index is 12.8. The monoisotopic (exact) mass is 219 g/mol. The molecule has 1 aliphatic carbocycles. The minimum absolute atomic E-state index is 0.271. The Morgan fingerprint density at radius 2 is 1.87 bits per heavy atom. The molecule has 86 valence electrons. The first kappa shape index (κ1) is 10.8. The molecule has 2 rings (SSSR count). The van der Waals surface area contributed by atoms with Crippen LogP contribution in [0, 0.1) is 5.92 Å². The highest BCUT2D eigenvalue weighted by Crippen LogP contribution is 2.44. The van der Waals surface area contributed by atoms with Crippen LogP contribution in [-0.4, -0.2) is 24.7 Å². The Bertz CT molecular complexity index is 276. The second-order valence-electron chi connectivity index (χ2n) is 4.50. The second-order valence-corrected chi connectivity index (χ2v) is 4.50. The van der Waals surface area contributed by atoms with Gasteiger partial charge in [-0.25, -0.2) is 0 Å². The predicted octanol–water partition coefficient (Wildman–Crippen LogP) is 3.33. The van der Waals surface area contributed by atoms with E-state index in [2.05, 4.69) is 0 Å². The molecular formula is C11H16F3N. The lowest BCUT2D eigenvalue weighted by Crippen LogP contribution is -2.38. The molecule has 1 aliphatic heterocycles. The van der Waals surface area contributed by atoms with Gasteiger partial charge in [-0.05, 0) is 32.1 Å². The fraction of sp³-hybridized carbons (Fsp3) is 0.818. The van der Waals surface area contributed by atoms with E-state index in [9.17, 15) is 13.2 Å². The third-order valence-corrected chi connectivity index (χ3v) is 3.44. The quantitative estimate of drug-likeness (QED) is 0.604. The van der Waals surface area contributed by atoms with Gasteiger partial charge in [0.15, 0.2) is 0 Å². The molecule has 0 aromatic rings. The molecule has 1 unspecified atom stereocenters. The highest BCUT2D eigenvalue weighted by molar-refractivity contribution is 5.22. The number of nitrogens with zero attached hydrogens (tertiary/aromatic N) is 1. The maximum Gasteiger partial charge on any atom is 0.397 e. The van der Waals surface area contributed by atoms with Gasteiger partial charge in [0, 0.05) is 19.3 Å². The average Bonchev–Trinajstić information content (AvgIpc) is 2.16. The highest BCUT2D eigenvalue weighted by Gasteiger charge is 2.45. The first-order valence-corrected chi connectivity index (χ1v) is 5.50. The number of allylic oxidation sites excluding steroid dienone is 2. The van der Waals surface area contributed by atoms with Gasteiger partial charge < -0.3 is 4.90 Å². The molecule has 0 saturated carbocycles. The Morgan fingerprint density at radius 3 is 2.53 bits per heavy atom. The molecule has 0 radical (unpaired) electrons. The summed E-state index contributed by atoms with van der Waals surface area (Å²) in [5.41, 5.74) is 1.64. The van der Waals surface area contributed by atoms with E-state index in [0.29, 0.717) is 12.1 Å². The zero-order chi connectivity index (χ0) is 11.1. The summed E-state index contributed by atoms with van der Waals surface area (Å²) in [5, 5.41) is 0. The molecule has 2 aliphatic rings. The molecule has 0 N–H and O–H groups in total. The van der Waals surface area contributed by atoms with E-state index >= 15 is 0 Å². The van der Waals surface area contributed by atoms with Crippen molar-refractivity contribution in [2.24, 2.45) is 5.92 Å². The van der Waals surface area contributed by atoms with Crippen LogP contribution >= 0.6 is 0 Å². The van der Waals surface area contributed by atoms with Crippen LogP contribution in [0.15, 0.2) is 11.3 Å². The van der Waals surface area contributed by atoms with E-state index in [1.807, 2.05) is 4.90 Å². The van der Waals surface area contributed by atoms with Crippen LogP contribution in [0.2, 0.25) is 0 Å².